The minimum Gasteiger partial charge on any atom is -0.481 e. The zero-order valence-electron chi connectivity index (χ0n) is 16.5. The third kappa shape index (κ3) is 4.22. The summed E-state index contributed by atoms with van der Waals surface area (Å²) >= 11 is 0. The monoisotopic (exact) mass is 411 g/mol. The molecule has 0 saturated carbocycles. The third-order valence-corrected chi connectivity index (χ3v) is 4.70. The Bertz CT molecular complexity index is 1040. The van der Waals surface area contributed by atoms with Gasteiger partial charge >= 0.3 is 5.97 Å². The number of nitrogens with two attached hydrogens (primary N) is 1. The molecule has 4 N–H and O–H groups in total. The minimum absolute atomic E-state index is 0.117. The van der Waals surface area contributed by atoms with E-state index in [1.54, 1.807) is 30.3 Å². The molecule has 1 aromatic heterocycles. The van der Waals surface area contributed by atoms with Crippen molar-refractivity contribution < 1.29 is 24.3 Å². The first kappa shape index (κ1) is 20.8. The number of fused-ring (bicyclic) bond motifs is 1. The fourth-order valence-corrected chi connectivity index (χ4v) is 3.40. The van der Waals surface area contributed by atoms with Gasteiger partial charge in [-0.1, -0.05) is 6.07 Å². The van der Waals surface area contributed by atoms with Crippen LogP contribution in [0.3, 0.4) is 0 Å². The quantitative estimate of drug-likeness (QED) is 0.682. The maximum atomic E-state index is 12.7. The Morgan fingerprint density at radius 1 is 1.27 bits per heavy atom. The molecule has 0 aliphatic carbocycles. The highest BCUT2D eigenvalue weighted by Gasteiger charge is 2.37. The largest absolute Gasteiger partial charge is 0.481 e. The summed E-state index contributed by atoms with van der Waals surface area (Å²) in [6.45, 7) is 1.38. The molecule has 30 heavy (non-hydrogen) atoms. The van der Waals surface area contributed by atoms with Gasteiger partial charge in [-0.3, -0.25) is 24.1 Å². The van der Waals surface area contributed by atoms with Crippen molar-refractivity contribution in [2.75, 3.05) is 23.0 Å². The van der Waals surface area contributed by atoms with E-state index < -0.39 is 36.2 Å². The number of carboxylic acids is 1. The number of hydrogen-bond donors (Lipinski definition) is 3. The summed E-state index contributed by atoms with van der Waals surface area (Å²) < 4.78 is 0. The normalized spacial score (nSPS) is 15.9. The Kier molecular flexibility index (Phi) is 5.67. The van der Waals surface area contributed by atoms with Crippen LogP contribution in [0.2, 0.25) is 0 Å². The van der Waals surface area contributed by atoms with Crippen LogP contribution in [0.1, 0.15) is 29.3 Å². The Balaban J connectivity index is 1.98. The van der Waals surface area contributed by atoms with Gasteiger partial charge in [-0.25, -0.2) is 4.98 Å². The summed E-state index contributed by atoms with van der Waals surface area (Å²) in [5.41, 5.74) is 6.85. The number of carbonyl (C=O) groups excluding carboxylic acids is 3. The Morgan fingerprint density at radius 2 is 2.00 bits per heavy atom. The molecule has 1 aromatic carbocycles. The lowest BCUT2D eigenvalue weighted by Gasteiger charge is -2.28. The van der Waals surface area contributed by atoms with E-state index in [4.69, 9.17) is 5.73 Å². The van der Waals surface area contributed by atoms with Gasteiger partial charge in [-0.15, -0.1) is 0 Å². The van der Waals surface area contributed by atoms with Gasteiger partial charge in [-0.05, 0) is 35.9 Å². The number of amides is 3. The van der Waals surface area contributed by atoms with E-state index in [0.29, 0.717) is 16.8 Å². The molecule has 1 aliphatic rings. The third-order valence-electron chi connectivity index (χ3n) is 4.70. The maximum absolute atomic E-state index is 12.7. The number of hydrogen-bond acceptors (Lipinski definition) is 6. The first-order valence-corrected chi connectivity index (χ1v) is 9.10. The molecule has 2 aromatic rings. The van der Waals surface area contributed by atoms with Gasteiger partial charge in [0.1, 0.15) is 17.7 Å². The van der Waals surface area contributed by atoms with E-state index in [-0.39, 0.29) is 18.2 Å². The van der Waals surface area contributed by atoms with E-state index in [0.717, 1.165) is 0 Å². The van der Waals surface area contributed by atoms with E-state index in [2.05, 4.69) is 10.3 Å². The van der Waals surface area contributed by atoms with E-state index in [9.17, 15) is 24.3 Å². The van der Waals surface area contributed by atoms with E-state index in [1.165, 1.54) is 29.8 Å². The van der Waals surface area contributed by atoms with E-state index in [1.807, 2.05) is 0 Å². The first-order chi connectivity index (χ1) is 14.2. The number of carboxylic acid groups (broad SMARTS) is 1. The highest BCUT2D eigenvalue weighted by atomic mass is 16.4. The summed E-state index contributed by atoms with van der Waals surface area (Å²) in [4.78, 5) is 55.5. The lowest BCUT2D eigenvalue weighted by atomic mass is 10.1. The fraction of sp³-hybridized carbons (Fsp3) is 0.250. The molecule has 156 valence electrons. The maximum Gasteiger partial charge on any atom is 0.306 e. The molecule has 1 unspecified atom stereocenters. The molecule has 3 amide bonds. The average Bonchev–Trinajstić information content (AvgIpc) is 2.76. The van der Waals surface area contributed by atoms with Crippen molar-refractivity contribution in [3.63, 3.8) is 0 Å². The number of aliphatic carboxylic acids is 1. The van der Waals surface area contributed by atoms with Crippen LogP contribution < -0.4 is 16.0 Å². The van der Waals surface area contributed by atoms with Crippen molar-refractivity contribution in [2.24, 2.45) is 0 Å². The van der Waals surface area contributed by atoms with Gasteiger partial charge < -0.3 is 21.1 Å². The second-order valence-electron chi connectivity index (χ2n) is 6.94. The van der Waals surface area contributed by atoms with Gasteiger partial charge in [0.15, 0.2) is 0 Å². The molecule has 0 radical (unpaired) electrons. The zero-order valence-corrected chi connectivity index (χ0v) is 16.5. The van der Waals surface area contributed by atoms with Crippen molar-refractivity contribution >= 4 is 41.0 Å². The number of nitrogens with one attached hydrogen (secondary N) is 1. The molecule has 0 saturated heterocycles. The Morgan fingerprint density at radius 3 is 2.63 bits per heavy atom. The van der Waals surface area contributed by atoms with Gasteiger partial charge in [0.05, 0.1) is 6.42 Å². The van der Waals surface area contributed by atoms with Crippen LogP contribution in [0.5, 0.6) is 0 Å². The molecular weight excluding hydrogens is 390 g/mol. The summed E-state index contributed by atoms with van der Waals surface area (Å²) in [6.07, 6.45) is -0.522. The van der Waals surface area contributed by atoms with Crippen LogP contribution >= 0.6 is 0 Å². The summed E-state index contributed by atoms with van der Waals surface area (Å²) in [5, 5.41) is 11.9. The van der Waals surface area contributed by atoms with E-state index >= 15 is 0 Å². The molecule has 10 heteroatoms. The number of anilines is 3. The van der Waals surface area contributed by atoms with Gasteiger partial charge in [0.25, 0.3) is 5.91 Å². The second kappa shape index (κ2) is 8.19. The minimum atomic E-state index is -1.19. The van der Waals surface area contributed by atoms with Crippen molar-refractivity contribution in [3.05, 3.63) is 47.5 Å². The number of nitrogen functional groups attached to an aromatic ring is 1. The highest BCUT2D eigenvalue weighted by Crippen LogP contribution is 2.30. The number of pyridine rings is 1. The number of aromatic nitrogens is 1. The smallest absolute Gasteiger partial charge is 0.306 e. The number of benzene rings is 1. The van der Waals surface area contributed by atoms with Crippen molar-refractivity contribution in [2.45, 2.75) is 25.9 Å². The molecule has 3 rings (SSSR count). The summed E-state index contributed by atoms with van der Waals surface area (Å²) in [7, 11) is 1.52. The average molecular weight is 411 g/mol. The number of carbonyl (C=O) groups is 4. The number of likely N-dealkylation sites (N-methyl/N-ethyl adjacent to an activating group) is 1. The highest BCUT2D eigenvalue weighted by molar-refractivity contribution is 6.06. The summed E-state index contributed by atoms with van der Waals surface area (Å²) in [6, 6.07) is 8.29. The predicted molar refractivity (Wildman–Crippen MR) is 109 cm³/mol. The van der Waals surface area contributed by atoms with Crippen LogP contribution in [0.15, 0.2) is 36.4 Å². The van der Waals surface area contributed by atoms with Gasteiger partial charge in [-0.2, -0.15) is 0 Å². The number of nitrogens with zero attached hydrogens (tertiary/aromatic N) is 3. The molecule has 0 fully saturated rings. The molecular formula is C20H21N5O5. The summed E-state index contributed by atoms with van der Waals surface area (Å²) in [5.74, 6) is -2.04. The molecule has 0 bridgehead atoms. The first-order valence-electron chi connectivity index (χ1n) is 9.10. The Labute approximate surface area is 172 Å². The van der Waals surface area contributed by atoms with Crippen LogP contribution in [0, 0.1) is 0 Å². The molecule has 0 spiro atoms. The zero-order chi connectivity index (χ0) is 22.0. The predicted octanol–water partition coefficient (Wildman–Crippen LogP) is 1.08. The molecule has 1 aliphatic heterocycles. The van der Waals surface area contributed by atoms with Crippen molar-refractivity contribution in [3.8, 4) is 0 Å². The van der Waals surface area contributed by atoms with Crippen molar-refractivity contribution in [1.82, 2.24) is 9.88 Å². The van der Waals surface area contributed by atoms with Crippen molar-refractivity contribution in [1.29, 1.82) is 0 Å². The van der Waals surface area contributed by atoms with Crippen LogP contribution in [0.4, 0.5) is 17.3 Å². The molecule has 10 nitrogen and oxygen atoms in total. The molecule has 2 heterocycles. The lowest BCUT2D eigenvalue weighted by Crippen LogP contribution is -2.48. The standard InChI is InChI=1S/C20H21N5O5/c1-11(26)25-14-7-6-12(19(29)23-17-5-3-4-16(21)22-17)8-13(14)10-24(2)20(30)15(25)9-18(27)28/h3-8,15H,9-10H2,1-2H3,(H,27,28)(H3,21,22,23,29). The lowest BCUT2D eigenvalue weighted by molar-refractivity contribution is -0.142. The van der Waals surface area contributed by atoms with Crippen LogP contribution in [0.25, 0.3) is 0 Å². The van der Waals surface area contributed by atoms with Gasteiger partial charge in [0.2, 0.25) is 11.8 Å². The molecule has 1 atom stereocenters. The van der Waals surface area contributed by atoms with Crippen LogP contribution in [-0.4, -0.2) is 51.8 Å². The number of rotatable bonds is 4. The fourth-order valence-electron chi connectivity index (χ4n) is 3.40. The Hall–Kier alpha value is -3.95. The van der Waals surface area contributed by atoms with Crippen LogP contribution in [-0.2, 0) is 20.9 Å². The SMILES string of the molecule is CC(=O)N1c2ccc(C(=O)Nc3cccc(N)n3)cc2CN(C)C(=O)C1CC(=O)O. The topological polar surface area (TPSA) is 146 Å². The second-order valence-corrected chi connectivity index (χ2v) is 6.94. The van der Waals surface area contributed by atoms with Gasteiger partial charge in [0, 0.05) is 31.8 Å².